The van der Waals surface area contributed by atoms with E-state index in [2.05, 4.69) is 20.8 Å². The maximum atomic E-state index is 12.1. The van der Waals surface area contributed by atoms with E-state index in [1.165, 1.54) is 0 Å². The van der Waals surface area contributed by atoms with E-state index in [0.29, 0.717) is 33.0 Å². The SMILES string of the molecule is COc1ccc(Nc2ccc(NC(=O)c3ccc(Cl)cc3)nn2)cc1Cl. The molecule has 0 aliphatic carbocycles. The molecule has 1 amide bonds. The van der Waals surface area contributed by atoms with Crippen molar-refractivity contribution in [3.63, 3.8) is 0 Å². The van der Waals surface area contributed by atoms with E-state index in [0.717, 1.165) is 5.69 Å². The smallest absolute Gasteiger partial charge is 0.256 e. The molecule has 0 unspecified atom stereocenters. The maximum absolute atomic E-state index is 12.1. The zero-order chi connectivity index (χ0) is 18.5. The maximum Gasteiger partial charge on any atom is 0.256 e. The van der Waals surface area contributed by atoms with Crippen molar-refractivity contribution in [1.82, 2.24) is 10.2 Å². The molecule has 8 heteroatoms. The van der Waals surface area contributed by atoms with Crippen molar-refractivity contribution in [3.8, 4) is 5.75 Å². The van der Waals surface area contributed by atoms with Gasteiger partial charge in [0.15, 0.2) is 11.6 Å². The zero-order valence-corrected chi connectivity index (χ0v) is 15.2. The molecule has 0 atom stereocenters. The molecule has 1 aromatic heterocycles. The number of carbonyl (C=O) groups is 1. The van der Waals surface area contributed by atoms with Gasteiger partial charge in [0.25, 0.3) is 5.91 Å². The van der Waals surface area contributed by atoms with E-state index in [-0.39, 0.29) is 5.91 Å². The van der Waals surface area contributed by atoms with Crippen molar-refractivity contribution in [2.24, 2.45) is 0 Å². The van der Waals surface area contributed by atoms with Crippen molar-refractivity contribution in [2.75, 3.05) is 17.7 Å². The fraction of sp³-hybridized carbons (Fsp3) is 0.0556. The molecule has 3 rings (SSSR count). The summed E-state index contributed by atoms with van der Waals surface area (Å²) in [6.07, 6.45) is 0. The monoisotopic (exact) mass is 388 g/mol. The number of ether oxygens (including phenoxy) is 1. The predicted molar refractivity (Wildman–Crippen MR) is 103 cm³/mol. The first kappa shape index (κ1) is 18.0. The fourth-order valence-corrected chi connectivity index (χ4v) is 2.53. The van der Waals surface area contributed by atoms with Gasteiger partial charge in [-0.15, -0.1) is 10.2 Å². The molecule has 1 heterocycles. The average Bonchev–Trinajstić information content (AvgIpc) is 2.64. The molecule has 0 aliphatic heterocycles. The lowest BCUT2D eigenvalue weighted by molar-refractivity contribution is 0.102. The van der Waals surface area contributed by atoms with Gasteiger partial charge in [0, 0.05) is 16.3 Å². The van der Waals surface area contributed by atoms with Crippen LogP contribution in [0.25, 0.3) is 0 Å². The van der Waals surface area contributed by atoms with Gasteiger partial charge in [-0.2, -0.15) is 0 Å². The summed E-state index contributed by atoms with van der Waals surface area (Å²) >= 11 is 11.9. The van der Waals surface area contributed by atoms with Crippen molar-refractivity contribution in [3.05, 3.63) is 70.2 Å². The quantitative estimate of drug-likeness (QED) is 0.656. The van der Waals surface area contributed by atoms with Crippen LogP contribution in [0.2, 0.25) is 10.0 Å². The van der Waals surface area contributed by atoms with Crippen LogP contribution in [0.4, 0.5) is 17.3 Å². The molecule has 0 bridgehead atoms. The van der Waals surface area contributed by atoms with E-state index in [1.807, 2.05) is 6.07 Å². The first-order valence-electron chi connectivity index (χ1n) is 7.56. The Hall–Kier alpha value is -2.83. The van der Waals surface area contributed by atoms with Crippen LogP contribution in [0.1, 0.15) is 10.4 Å². The molecule has 2 aromatic carbocycles. The molecule has 0 spiro atoms. The van der Waals surface area contributed by atoms with Crippen LogP contribution in [-0.2, 0) is 0 Å². The van der Waals surface area contributed by atoms with Crippen LogP contribution in [-0.4, -0.2) is 23.2 Å². The van der Waals surface area contributed by atoms with E-state index < -0.39 is 0 Å². The molecule has 0 saturated heterocycles. The van der Waals surface area contributed by atoms with Gasteiger partial charge in [0.2, 0.25) is 0 Å². The van der Waals surface area contributed by atoms with Crippen molar-refractivity contribution >= 4 is 46.4 Å². The summed E-state index contributed by atoms with van der Waals surface area (Å²) in [6, 6.07) is 15.2. The average molecular weight is 389 g/mol. The number of amides is 1. The van der Waals surface area contributed by atoms with E-state index >= 15 is 0 Å². The molecular weight excluding hydrogens is 375 g/mol. The number of carbonyl (C=O) groups excluding carboxylic acids is 1. The lowest BCUT2D eigenvalue weighted by Gasteiger charge is -2.09. The number of halogens is 2. The number of hydrogen-bond acceptors (Lipinski definition) is 5. The van der Waals surface area contributed by atoms with Crippen LogP contribution in [0.5, 0.6) is 5.75 Å². The number of benzene rings is 2. The Morgan fingerprint density at radius 2 is 1.65 bits per heavy atom. The third-order valence-corrected chi connectivity index (χ3v) is 3.98. The number of rotatable bonds is 5. The second kappa shape index (κ2) is 8.03. The van der Waals surface area contributed by atoms with Gasteiger partial charge in [-0.25, -0.2) is 0 Å². The first-order chi connectivity index (χ1) is 12.5. The number of anilines is 3. The summed E-state index contributed by atoms with van der Waals surface area (Å²) in [7, 11) is 1.55. The molecule has 132 valence electrons. The second-order valence-electron chi connectivity index (χ2n) is 5.24. The number of hydrogen-bond donors (Lipinski definition) is 2. The predicted octanol–water partition coefficient (Wildman–Crippen LogP) is 4.79. The molecule has 0 radical (unpaired) electrons. The second-order valence-corrected chi connectivity index (χ2v) is 6.08. The number of aromatic nitrogens is 2. The highest BCUT2D eigenvalue weighted by molar-refractivity contribution is 6.32. The normalized spacial score (nSPS) is 10.3. The standard InChI is InChI=1S/C18H14Cl2N4O2/c1-26-15-7-6-13(10-14(15)20)21-16-8-9-17(24-23-16)22-18(25)11-2-4-12(19)5-3-11/h2-10H,1H3,(H,21,23)(H,22,24,25). The Morgan fingerprint density at radius 1 is 0.962 bits per heavy atom. The van der Waals surface area contributed by atoms with Gasteiger partial charge >= 0.3 is 0 Å². The van der Waals surface area contributed by atoms with E-state index in [9.17, 15) is 4.79 Å². The third kappa shape index (κ3) is 4.41. The van der Waals surface area contributed by atoms with E-state index in [4.69, 9.17) is 27.9 Å². The van der Waals surface area contributed by atoms with Crippen LogP contribution in [0, 0.1) is 0 Å². The summed E-state index contributed by atoms with van der Waals surface area (Å²) in [5.74, 6) is 1.14. The Morgan fingerprint density at radius 3 is 2.27 bits per heavy atom. The number of nitrogens with one attached hydrogen (secondary N) is 2. The van der Waals surface area contributed by atoms with Gasteiger partial charge < -0.3 is 15.4 Å². The highest BCUT2D eigenvalue weighted by Gasteiger charge is 2.08. The van der Waals surface area contributed by atoms with E-state index in [1.54, 1.807) is 55.6 Å². The van der Waals surface area contributed by atoms with Gasteiger partial charge in [-0.05, 0) is 54.6 Å². The van der Waals surface area contributed by atoms with Crippen LogP contribution < -0.4 is 15.4 Å². The Labute approximate surface area is 160 Å². The molecular formula is C18H14Cl2N4O2. The lowest BCUT2D eigenvalue weighted by Crippen LogP contribution is -2.13. The highest BCUT2D eigenvalue weighted by atomic mass is 35.5. The zero-order valence-electron chi connectivity index (χ0n) is 13.7. The molecule has 0 fully saturated rings. The minimum Gasteiger partial charge on any atom is -0.495 e. The van der Waals surface area contributed by atoms with Crippen LogP contribution >= 0.6 is 23.2 Å². The van der Waals surface area contributed by atoms with Gasteiger partial charge in [0.05, 0.1) is 12.1 Å². The Bertz CT molecular complexity index is 915. The van der Waals surface area contributed by atoms with Gasteiger partial charge in [0.1, 0.15) is 5.75 Å². The van der Waals surface area contributed by atoms with Crippen LogP contribution in [0.15, 0.2) is 54.6 Å². The summed E-state index contributed by atoms with van der Waals surface area (Å²) < 4.78 is 5.11. The number of methoxy groups -OCH3 is 1. The third-order valence-electron chi connectivity index (χ3n) is 3.44. The topological polar surface area (TPSA) is 76.1 Å². The number of nitrogens with zero attached hydrogens (tertiary/aromatic N) is 2. The fourth-order valence-electron chi connectivity index (χ4n) is 2.15. The molecule has 0 aliphatic rings. The summed E-state index contributed by atoms with van der Waals surface area (Å²) in [6.45, 7) is 0. The van der Waals surface area contributed by atoms with Crippen molar-refractivity contribution in [1.29, 1.82) is 0 Å². The lowest BCUT2D eigenvalue weighted by atomic mass is 10.2. The highest BCUT2D eigenvalue weighted by Crippen LogP contribution is 2.28. The van der Waals surface area contributed by atoms with Crippen molar-refractivity contribution < 1.29 is 9.53 Å². The molecule has 26 heavy (non-hydrogen) atoms. The van der Waals surface area contributed by atoms with Crippen LogP contribution in [0.3, 0.4) is 0 Å². The summed E-state index contributed by atoms with van der Waals surface area (Å²) in [5, 5.41) is 14.8. The molecule has 6 nitrogen and oxygen atoms in total. The van der Waals surface area contributed by atoms with Crippen molar-refractivity contribution in [2.45, 2.75) is 0 Å². The molecule has 2 N–H and O–H groups in total. The van der Waals surface area contributed by atoms with Gasteiger partial charge in [-0.1, -0.05) is 23.2 Å². The minimum atomic E-state index is -0.293. The van der Waals surface area contributed by atoms with Gasteiger partial charge in [-0.3, -0.25) is 4.79 Å². The molecule has 3 aromatic rings. The first-order valence-corrected chi connectivity index (χ1v) is 8.32. The largest absolute Gasteiger partial charge is 0.495 e. The minimum absolute atomic E-state index is 0.293. The Kier molecular flexibility index (Phi) is 5.55. The summed E-state index contributed by atoms with van der Waals surface area (Å²) in [4.78, 5) is 12.1. The summed E-state index contributed by atoms with van der Waals surface area (Å²) in [5.41, 5.74) is 1.22. The molecule has 0 saturated carbocycles. The Balaban J connectivity index is 1.65.